The van der Waals surface area contributed by atoms with Crippen molar-refractivity contribution in [1.29, 1.82) is 0 Å². The summed E-state index contributed by atoms with van der Waals surface area (Å²) in [7, 11) is 0. The number of nitrogens with zero attached hydrogens (tertiary/aromatic N) is 1. The number of amides is 4. The number of imide groups is 1. The second-order valence-corrected chi connectivity index (χ2v) is 9.25. The van der Waals surface area contributed by atoms with Gasteiger partial charge in [-0.1, -0.05) is 30.3 Å². The number of carbonyl (C=O) groups excluding carboxylic acids is 4. The first-order valence-corrected chi connectivity index (χ1v) is 12.2. The van der Waals surface area contributed by atoms with Gasteiger partial charge in [-0.05, 0) is 66.2 Å². The molecule has 0 spiro atoms. The second-order valence-electron chi connectivity index (χ2n) is 8.26. The highest BCUT2D eigenvalue weighted by atomic mass is 32.2. The van der Waals surface area contributed by atoms with Gasteiger partial charge in [0.1, 0.15) is 12.3 Å². The van der Waals surface area contributed by atoms with Crippen LogP contribution in [0, 0.1) is 24.4 Å². The van der Waals surface area contributed by atoms with Gasteiger partial charge in [0.25, 0.3) is 17.1 Å². The molecule has 2 N–H and O–H groups in total. The zero-order valence-corrected chi connectivity index (χ0v) is 21.1. The van der Waals surface area contributed by atoms with E-state index in [0.29, 0.717) is 39.7 Å². The lowest BCUT2D eigenvalue weighted by atomic mass is 10.2. The molecule has 0 aromatic heterocycles. The molecule has 0 unspecified atom stereocenters. The van der Waals surface area contributed by atoms with Crippen LogP contribution in [0.4, 0.5) is 29.3 Å². The number of para-hydroxylation sites is 1. The number of halogens is 3. The first-order chi connectivity index (χ1) is 18.6. The van der Waals surface area contributed by atoms with Crippen molar-refractivity contribution >= 4 is 52.2 Å². The fraction of sp³-hybridized carbons (Fsp3) is 0.111. The fourth-order valence-electron chi connectivity index (χ4n) is 3.45. The van der Waals surface area contributed by atoms with Crippen molar-refractivity contribution in [2.24, 2.45) is 0 Å². The van der Waals surface area contributed by atoms with Crippen LogP contribution in [0.1, 0.15) is 11.1 Å². The number of carbonyl (C=O) groups is 4. The summed E-state index contributed by atoms with van der Waals surface area (Å²) in [5, 5.41) is 4.04. The summed E-state index contributed by atoms with van der Waals surface area (Å²) in [6, 6.07) is 15.2. The zero-order chi connectivity index (χ0) is 28.1. The molecule has 39 heavy (non-hydrogen) atoms. The molecule has 1 heterocycles. The van der Waals surface area contributed by atoms with Crippen LogP contribution >= 0.6 is 11.8 Å². The van der Waals surface area contributed by atoms with Crippen LogP contribution in [0.5, 0.6) is 5.75 Å². The number of rotatable bonds is 8. The molecule has 0 aliphatic carbocycles. The van der Waals surface area contributed by atoms with Crippen molar-refractivity contribution in [2.45, 2.75) is 6.92 Å². The lowest BCUT2D eigenvalue weighted by Gasteiger charge is -2.13. The number of hydrogen-bond acceptors (Lipinski definition) is 6. The van der Waals surface area contributed by atoms with Crippen molar-refractivity contribution in [3.63, 3.8) is 0 Å². The van der Waals surface area contributed by atoms with Crippen molar-refractivity contribution in [1.82, 2.24) is 4.90 Å². The average Bonchev–Trinajstić information content (AvgIpc) is 3.17. The van der Waals surface area contributed by atoms with Crippen LogP contribution in [0.2, 0.25) is 0 Å². The van der Waals surface area contributed by atoms with Gasteiger partial charge in [-0.15, -0.1) is 0 Å². The topological polar surface area (TPSA) is 105 Å². The first-order valence-electron chi connectivity index (χ1n) is 11.4. The molecule has 200 valence electrons. The SMILES string of the molecule is Cc1ccccc1NC(=O)COc1ccc(/C=C2\SC(=O)N(CC(=O)Nc3ccc(F)c(F)c3F)C2=O)cc1. The minimum absolute atomic E-state index is 0.0399. The van der Waals surface area contributed by atoms with Crippen LogP contribution in [0.15, 0.2) is 65.6 Å². The normalized spacial score (nSPS) is 14.1. The maximum absolute atomic E-state index is 13.8. The Morgan fingerprint density at radius 2 is 1.59 bits per heavy atom. The van der Waals surface area contributed by atoms with E-state index < -0.39 is 46.7 Å². The Labute approximate surface area is 224 Å². The number of ether oxygens (including phenoxy) is 1. The van der Waals surface area contributed by atoms with Gasteiger partial charge in [-0.25, -0.2) is 13.2 Å². The molecule has 4 rings (SSSR count). The van der Waals surface area contributed by atoms with E-state index in [1.165, 1.54) is 6.08 Å². The van der Waals surface area contributed by atoms with Gasteiger partial charge in [0, 0.05) is 5.69 Å². The molecule has 1 fully saturated rings. The summed E-state index contributed by atoms with van der Waals surface area (Å²) in [4.78, 5) is 50.0. The van der Waals surface area contributed by atoms with Crippen LogP contribution in [-0.4, -0.2) is 41.0 Å². The quantitative estimate of drug-likeness (QED) is 0.296. The Morgan fingerprint density at radius 1 is 0.897 bits per heavy atom. The van der Waals surface area contributed by atoms with Crippen molar-refractivity contribution in [2.75, 3.05) is 23.8 Å². The summed E-state index contributed by atoms with van der Waals surface area (Å²) < 4.78 is 45.7. The summed E-state index contributed by atoms with van der Waals surface area (Å²) in [6.07, 6.45) is 1.44. The summed E-state index contributed by atoms with van der Waals surface area (Å²) in [5.41, 5.74) is 1.52. The molecule has 0 atom stereocenters. The third-order valence-corrected chi connectivity index (χ3v) is 6.36. The number of aryl methyl sites for hydroxylation is 1. The summed E-state index contributed by atoms with van der Waals surface area (Å²) >= 11 is 0.604. The number of nitrogens with one attached hydrogen (secondary N) is 2. The van der Waals surface area contributed by atoms with Gasteiger partial charge in [-0.3, -0.25) is 24.1 Å². The highest BCUT2D eigenvalue weighted by Gasteiger charge is 2.36. The lowest BCUT2D eigenvalue weighted by Crippen LogP contribution is -2.36. The molecule has 3 aromatic carbocycles. The van der Waals surface area contributed by atoms with Crippen LogP contribution in [0.25, 0.3) is 6.08 Å². The van der Waals surface area contributed by atoms with E-state index in [-0.39, 0.29) is 17.4 Å². The summed E-state index contributed by atoms with van der Waals surface area (Å²) in [6.45, 7) is 0.900. The molecule has 0 radical (unpaired) electrons. The molecule has 0 bridgehead atoms. The average molecular weight is 556 g/mol. The molecular formula is C27H20F3N3O5S. The maximum Gasteiger partial charge on any atom is 0.294 e. The van der Waals surface area contributed by atoms with E-state index in [1.807, 2.05) is 30.4 Å². The van der Waals surface area contributed by atoms with Gasteiger partial charge in [0.2, 0.25) is 5.91 Å². The smallest absolute Gasteiger partial charge is 0.294 e. The molecule has 0 saturated carbocycles. The molecular weight excluding hydrogens is 535 g/mol. The van der Waals surface area contributed by atoms with Gasteiger partial charge in [0.15, 0.2) is 24.1 Å². The Kier molecular flexibility index (Phi) is 8.35. The van der Waals surface area contributed by atoms with E-state index in [9.17, 15) is 32.3 Å². The van der Waals surface area contributed by atoms with E-state index in [0.717, 1.165) is 11.6 Å². The molecule has 1 aliphatic heterocycles. The largest absolute Gasteiger partial charge is 0.484 e. The third kappa shape index (κ3) is 6.65. The maximum atomic E-state index is 13.8. The Balaban J connectivity index is 1.33. The van der Waals surface area contributed by atoms with Crippen molar-refractivity contribution in [3.05, 3.63) is 94.1 Å². The Morgan fingerprint density at radius 3 is 2.31 bits per heavy atom. The summed E-state index contributed by atoms with van der Waals surface area (Å²) in [5.74, 6) is -6.44. The number of hydrogen-bond donors (Lipinski definition) is 2. The molecule has 1 saturated heterocycles. The first kappa shape index (κ1) is 27.5. The standard InChI is InChI=1S/C27H20F3N3O5S/c1-15-4-2-3-5-19(15)31-23(35)14-38-17-8-6-16(7-9-17)12-21-26(36)33(27(37)39-21)13-22(34)32-20-11-10-18(28)24(29)25(20)30/h2-12H,13-14H2,1H3,(H,31,35)(H,32,34)/b21-12-. The van der Waals surface area contributed by atoms with E-state index in [4.69, 9.17) is 4.74 Å². The molecule has 8 nitrogen and oxygen atoms in total. The molecule has 4 amide bonds. The monoisotopic (exact) mass is 555 g/mol. The third-order valence-electron chi connectivity index (χ3n) is 5.45. The van der Waals surface area contributed by atoms with Gasteiger partial charge in [-0.2, -0.15) is 0 Å². The number of thioether (sulfide) groups is 1. The van der Waals surface area contributed by atoms with Gasteiger partial charge in [0.05, 0.1) is 10.6 Å². The van der Waals surface area contributed by atoms with Crippen LogP contribution in [0.3, 0.4) is 0 Å². The molecule has 3 aromatic rings. The van der Waals surface area contributed by atoms with Crippen LogP contribution in [-0.2, 0) is 14.4 Å². The van der Waals surface area contributed by atoms with Gasteiger partial charge >= 0.3 is 0 Å². The minimum atomic E-state index is -1.76. The second kappa shape index (κ2) is 11.9. The predicted octanol–water partition coefficient (Wildman–Crippen LogP) is 5.10. The highest BCUT2D eigenvalue weighted by Crippen LogP contribution is 2.32. The molecule has 12 heteroatoms. The minimum Gasteiger partial charge on any atom is -0.484 e. The van der Waals surface area contributed by atoms with E-state index >= 15 is 0 Å². The number of anilines is 2. The lowest BCUT2D eigenvalue weighted by molar-refractivity contribution is -0.127. The molecule has 1 aliphatic rings. The van der Waals surface area contributed by atoms with Crippen molar-refractivity contribution in [3.8, 4) is 5.75 Å². The van der Waals surface area contributed by atoms with Crippen LogP contribution < -0.4 is 15.4 Å². The van der Waals surface area contributed by atoms with Crippen molar-refractivity contribution < 1.29 is 37.1 Å². The highest BCUT2D eigenvalue weighted by molar-refractivity contribution is 8.18. The van der Waals surface area contributed by atoms with E-state index in [1.54, 1.807) is 30.3 Å². The predicted molar refractivity (Wildman–Crippen MR) is 139 cm³/mol. The Hall–Kier alpha value is -4.58. The Bertz CT molecular complexity index is 1490. The zero-order valence-electron chi connectivity index (χ0n) is 20.3. The number of benzene rings is 3. The van der Waals surface area contributed by atoms with Gasteiger partial charge < -0.3 is 15.4 Å². The van der Waals surface area contributed by atoms with E-state index in [2.05, 4.69) is 5.32 Å². The fourth-order valence-corrected chi connectivity index (χ4v) is 4.29.